The molecular formula is C10H12ClF2N3O4. The van der Waals surface area contributed by atoms with Crippen LogP contribution in [-0.2, 0) is 4.74 Å². The monoisotopic (exact) mass is 311 g/mol. The molecule has 0 amide bonds. The van der Waals surface area contributed by atoms with Crippen LogP contribution in [0.1, 0.15) is 6.23 Å². The van der Waals surface area contributed by atoms with E-state index >= 15 is 0 Å². The van der Waals surface area contributed by atoms with Gasteiger partial charge >= 0.3 is 11.6 Å². The number of aliphatic hydroxyl groups excluding tert-OH is 2. The summed E-state index contributed by atoms with van der Waals surface area (Å²) in [5.74, 6) is -4.55. The summed E-state index contributed by atoms with van der Waals surface area (Å²) in [6.07, 6.45) is -3.53. The summed E-state index contributed by atoms with van der Waals surface area (Å²) >= 11 is 5.50. The second kappa shape index (κ2) is 4.92. The molecule has 1 saturated heterocycles. The Morgan fingerprint density at radius 1 is 1.60 bits per heavy atom. The number of anilines is 1. The first-order valence-corrected chi connectivity index (χ1v) is 6.07. The Labute approximate surface area is 116 Å². The van der Waals surface area contributed by atoms with Gasteiger partial charge in [0.25, 0.3) is 0 Å². The van der Waals surface area contributed by atoms with Gasteiger partial charge in [-0.3, -0.25) is 4.57 Å². The van der Waals surface area contributed by atoms with Crippen LogP contribution in [0, 0.1) is 0 Å². The molecule has 112 valence electrons. The summed E-state index contributed by atoms with van der Waals surface area (Å²) < 4.78 is 33.6. The number of nitrogens with two attached hydrogens (primary N) is 1. The van der Waals surface area contributed by atoms with Crippen LogP contribution in [0.2, 0.25) is 0 Å². The minimum Gasteiger partial charge on any atom is -0.393 e. The second-order valence-corrected chi connectivity index (χ2v) is 4.71. The quantitative estimate of drug-likeness (QED) is 0.638. The summed E-state index contributed by atoms with van der Waals surface area (Å²) in [7, 11) is 0. The SMILES string of the molecule is Nc1ccn(C2OC(CO)(CCl)C(O)C2(F)F)c(=O)n1. The Morgan fingerprint density at radius 2 is 2.25 bits per heavy atom. The highest BCUT2D eigenvalue weighted by atomic mass is 35.5. The first-order valence-electron chi connectivity index (χ1n) is 5.53. The van der Waals surface area contributed by atoms with Gasteiger partial charge in [-0.2, -0.15) is 13.8 Å². The van der Waals surface area contributed by atoms with E-state index in [9.17, 15) is 23.8 Å². The van der Waals surface area contributed by atoms with Crippen LogP contribution in [0.4, 0.5) is 14.6 Å². The molecule has 0 bridgehead atoms. The predicted molar refractivity (Wildman–Crippen MR) is 64.5 cm³/mol. The van der Waals surface area contributed by atoms with Crippen LogP contribution in [0.3, 0.4) is 0 Å². The summed E-state index contributed by atoms with van der Waals surface area (Å²) in [6.45, 7) is -0.930. The average molecular weight is 312 g/mol. The fourth-order valence-corrected chi connectivity index (χ4v) is 2.26. The fourth-order valence-electron chi connectivity index (χ4n) is 1.97. The van der Waals surface area contributed by atoms with E-state index in [1.54, 1.807) is 0 Å². The zero-order chi connectivity index (χ0) is 15.1. The van der Waals surface area contributed by atoms with Crippen LogP contribution < -0.4 is 11.4 Å². The highest BCUT2D eigenvalue weighted by Crippen LogP contribution is 2.47. The molecule has 4 N–H and O–H groups in total. The maximum absolute atomic E-state index is 14.1. The summed E-state index contributed by atoms with van der Waals surface area (Å²) in [4.78, 5) is 14.9. The number of aliphatic hydroxyl groups is 2. The molecule has 0 aromatic carbocycles. The van der Waals surface area contributed by atoms with Crippen molar-refractivity contribution in [1.29, 1.82) is 0 Å². The zero-order valence-corrected chi connectivity index (χ0v) is 10.8. The summed E-state index contributed by atoms with van der Waals surface area (Å²) in [5.41, 5.74) is 2.14. The topological polar surface area (TPSA) is 111 Å². The maximum Gasteiger partial charge on any atom is 0.351 e. The van der Waals surface area contributed by atoms with Gasteiger partial charge < -0.3 is 20.7 Å². The molecule has 1 aliphatic heterocycles. The van der Waals surface area contributed by atoms with Gasteiger partial charge in [-0.15, -0.1) is 11.6 Å². The van der Waals surface area contributed by atoms with E-state index in [-0.39, 0.29) is 5.82 Å². The second-order valence-electron chi connectivity index (χ2n) is 4.45. The molecule has 20 heavy (non-hydrogen) atoms. The maximum atomic E-state index is 14.1. The summed E-state index contributed by atoms with van der Waals surface area (Å²) in [6, 6.07) is 1.13. The number of nitrogen functional groups attached to an aromatic ring is 1. The molecule has 1 aromatic heterocycles. The molecule has 0 radical (unpaired) electrons. The zero-order valence-electron chi connectivity index (χ0n) is 10.0. The number of nitrogens with zero attached hydrogens (tertiary/aromatic N) is 2. The largest absolute Gasteiger partial charge is 0.393 e. The van der Waals surface area contributed by atoms with Crippen LogP contribution in [0.25, 0.3) is 0 Å². The molecule has 2 heterocycles. The van der Waals surface area contributed by atoms with E-state index in [0.29, 0.717) is 4.57 Å². The number of halogens is 3. The van der Waals surface area contributed by atoms with Crippen molar-refractivity contribution in [3.8, 4) is 0 Å². The van der Waals surface area contributed by atoms with Gasteiger partial charge in [0.2, 0.25) is 6.23 Å². The molecule has 0 aliphatic carbocycles. The standard InChI is InChI=1S/C10H12ClF2N3O4/c11-3-9(4-17)6(18)10(12,13)7(20-9)16-2-1-5(14)15-8(16)19/h1-2,6-7,17-18H,3-4H2,(H2,14,15,19). The Balaban J connectivity index is 2.50. The van der Waals surface area contributed by atoms with Crippen LogP contribution in [0.5, 0.6) is 0 Å². The van der Waals surface area contributed by atoms with Crippen LogP contribution >= 0.6 is 11.6 Å². The molecule has 0 saturated carbocycles. The molecule has 1 aromatic rings. The highest BCUT2D eigenvalue weighted by Gasteiger charge is 2.66. The Morgan fingerprint density at radius 3 is 2.70 bits per heavy atom. The van der Waals surface area contributed by atoms with Crippen molar-refractivity contribution in [3.63, 3.8) is 0 Å². The fraction of sp³-hybridized carbons (Fsp3) is 0.600. The van der Waals surface area contributed by atoms with E-state index in [0.717, 1.165) is 12.3 Å². The highest BCUT2D eigenvalue weighted by molar-refractivity contribution is 6.18. The van der Waals surface area contributed by atoms with Crippen molar-refractivity contribution in [2.75, 3.05) is 18.2 Å². The van der Waals surface area contributed by atoms with Gasteiger partial charge in [-0.05, 0) is 6.07 Å². The number of alkyl halides is 3. The minimum absolute atomic E-state index is 0.140. The van der Waals surface area contributed by atoms with Crippen molar-refractivity contribution in [2.24, 2.45) is 0 Å². The van der Waals surface area contributed by atoms with Gasteiger partial charge in [0.1, 0.15) is 11.4 Å². The first-order chi connectivity index (χ1) is 9.28. The van der Waals surface area contributed by atoms with Crippen molar-refractivity contribution in [2.45, 2.75) is 23.9 Å². The van der Waals surface area contributed by atoms with E-state index in [4.69, 9.17) is 22.1 Å². The van der Waals surface area contributed by atoms with Gasteiger partial charge in [0.05, 0.1) is 12.5 Å². The van der Waals surface area contributed by atoms with Gasteiger partial charge in [-0.1, -0.05) is 0 Å². The number of aromatic nitrogens is 2. The van der Waals surface area contributed by atoms with E-state index in [2.05, 4.69) is 4.98 Å². The summed E-state index contributed by atoms with van der Waals surface area (Å²) in [5, 5.41) is 18.8. The van der Waals surface area contributed by atoms with Crippen molar-refractivity contribution in [1.82, 2.24) is 9.55 Å². The third-order valence-corrected chi connectivity index (χ3v) is 3.59. The first kappa shape index (κ1) is 15.1. The van der Waals surface area contributed by atoms with E-state index in [1.807, 2.05) is 0 Å². The lowest BCUT2D eigenvalue weighted by molar-refractivity contribution is -0.143. The lowest BCUT2D eigenvalue weighted by atomic mass is 9.97. The van der Waals surface area contributed by atoms with Gasteiger partial charge in [0.15, 0.2) is 6.10 Å². The van der Waals surface area contributed by atoms with Crippen molar-refractivity contribution < 1.29 is 23.7 Å². The van der Waals surface area contributed by atoms with Crippen LogP contribution in [-0.4, -0.2) is 49.9 Å². The third-order valence-electron chi connectivity index (χ3n) is 3.14. The molecule has 3 unspecified atom stereocenters. The van der Waals surface area contributed by atoms with Crippen LogP contribution in [0.15, 0.2) is 17.1 Å². The molecule has 7 nitrogen and oxygen atoms in total. The van der Waals surface area contributed by atoms with Crippen molar-refractivity contribution in [3.05, 3.63) is 22.7 Å². The van der Waals surface area contributed by atoms with Gasteiger partial charge in [0, 0.05) is 6.20 Å². The normalized spacial score (nSPS) is 32.5. The predicted octanol–water partition coefficient (Wildman–Crippen LogP) is -0.680. The molecule has 1 aliphatic rings. The molecule has 2 rings (SSSR count). The molecule has 1 fully saturated rings. The molecule has 10 heteroatoms. The lowest BCUT2D eigenvalue weighted by Gasteiger charge is -2.26. The van der Waals surface area contributed by atoms with Crippen molar-refractivity contribution >= 4 is 17.4 Å². The smallest absolute Gasteiger partial charge is 0.351 e. The number of ether oxygens (including phenoxy) is 1. The Hall–Kier alpha value is -1.29. The minimum atomic E-state index is -3.83. The molecular weight excluding hydrogens is 300 g/mol. The van der Waals surface area contributed by atoms with E-state index in [1.165, 1.54) is 0 Å². The Bertz CT molecular complexity index is 564. The Kier molecular flexibility index (Phi) is 3.71. The number of hydrogen-bond acceptors (Lipinski definition) is 6. The molecule has 3 atom stereocenters. The average Bonchev–Trinajstić information content (AvgIpc) is 2.60. The number of hydrogen-bond donors (Lipinski definition) is 3. The van der Waals surface area contributed by atoms with Gasteiger partial charge in [-0.25, -0.2) is 4.79 Å². The van der Waals surface area contributed by atoms with E-state index < -0.39 is 42.0 Å². The third kappa shape index (κ3) is 2.06. The molecule has 0 spiro atoms. The number of rotatable bonds is 3. The lowest BCUT2D eigenvalue weighted by Crippen LogP contribution is -2.50.